The topological polar surface area (TPSA) is 149 Å². The smallest absolute Gasteiger partial charge is 0.261 e. The Hall–Kier alpha value is -2.99. The fourth-order valence-corrected chi connectivity index (χ4v) is 10.3. The molecule has 6 fully saturated rings. The normalized spacial score (nSPS) is 22.1. The summed E-state index contributed by atoms with van der Waals surface area (Å²) in [5.74, 6) is 1.76. The van der Waals surface area contributed by atoms with E-state index in [9.17, 15) is 26.4 Å². The van der Waals surface area contributed by atoms with Crippen LogP contribution < -0.4 is 14.8 Å². The second kappa shape index (κ2) is 19.8. The summed E-state index contributed by atoms with van der Waals surface area (Å²) in [5.41, 5.74) is 0. The highest BCUT2D eigenvalue weighted by Crippen LogP contribution is 2.30. The van der Waals surface area contributed by atoms with E-state index in [4.69, 9.17) is 20.2 Å². The molecule has 0 aromatic heterocycles. The molecular weight excluding hydrogens is 792 g/mol. The van der Waals surface area contributed by atoms with E-state index in [-0.39, 0.29) is 40.6 Å². The highest BCUT2D eigenvalue weighted by Gasteiger charge is 2.42. The summed E-state index contributed by atoms with van der Waals surface area (Å²) < 4.78 is 58.3. The van der Waals surface area contributed by atoms with E-state index in [1.165, 1.54) is 80.8 Å². The second-order valence-electron chi connectivity index (χ2n) is 15.8. The summed E-state index contributed by atoms with van der Waals surface area (Å²) in [5, 5.41) is 3.18. The molecule has 0 bridgehead atoms. The SMILES string of the molecule is COc1ccc(S(=O)(=O)Cl)cc1.COc1ccc(S(=O)(=O)N2CC(C(=O)N3CCCN(C4CCC4)CC3)C2)cc1.O=C(C1CNC1)N1CCCN(C2CCC2)CC1. The number of benzene rings is 2. The summed E-state index contributed by atoms with van der Waals surface area (Å²) in [7, 11) is 0.975. The van der Waals surface area contributed by atoms with Crippen LogP contribution in [0.5, 0.6) is 11.5 Å². The van der Waals surface area contributed by atoms with E-state index in [0.717, 1.165) is 77.8 Å². The molecule has 57 heavy (non-hydrogen) atoms. The van der Waals surface area contributed by atoms with Gasteiger partial charge in [0.15, 0.2) is 0 Å². The highest BCUT2D eigenvalue weighted by molar-refractivity contribution is 8.13. The molecule has 2 aromatic rings. The zero-order valence-electron chi connectivity index (χ0n) is 33.3. The number of halogens is 1. The van der Waals surface area contributed by atoms with Crippen LogP contribution in [0.25, 0.3) is 0 Å². The first-order valence-electron chi connectivity index (χ1n) is 20.4. The quantitative estimate of drug-likeness (QED) is 0.371. The number of ether oxygens (including phenoxy) is 2. The largest absolute Gasteiger partial charge is 0.497 e. The van der Waals surface area contributed by atoms with E-state index in [1.54, 1.807) is 31.4 Å². The van der Waals surface area contributed by atoms with Crippen LogP contribution in [0, 0.1) is 11.8 Å². The molecule has 4 saturated heterocycles. The van der Waals surface area contributed by atoms with Crippen molar-refractivity contribution >= 4 is 41.6 Å². The number of sulfonamides is 1. The maximum Gasteiger partial charge on any atom is 0.261 e. The lowest BCUT2D eigenvalue weighted by Gasteiger charge is -2.39. The number of carbonyl (C=O) groups excluding carboxylic acids is 2. The van der Waals surface area contributed by atoms with Gasteiger partial charge < -0.3 is 24.6 Å². The first-order chi connectivity index (χ1) is 27.4. The monoisotopic (exact) mass is 850 g/mol. The maximum atomic E-state index is 12.9. The van der Waals surface area contributed by atoms with E-state index in [2.05, 4.69) is 20.0 Å². The molecule has 316 valence electrons. The lowest BCUT2D eigenvalue weighted by molar-refractivity contribution is -0.139. The van der Waals surface area contributed by atoms with Gasteiger partial charge in [0.25, 0.3) is 9.05 Å². The van der Waals surface area contributed by atoms with E-state index in [1.807, 2.05) is 4.90 Å². The Morgan fingerprint density at radius 3 is 1.40 bits per heavy atom. The summed E-state index contributed by atoms with van der Waals surface area (Å²) in [6.07, 6.45) is 10.2. The number of nitrogens with zero attached hydrogens (tertiary/aromatic N) is 5. The Balaban J connectivity index is 0.000000160. The van der Waals surface area contributed by atoms with Gasteiger partial charge in [-0.2, -0.15) is 4.31 Å². The molecule has 8 rings (SSSR count). The third-order valence-corrected chi connectivity index (χ3v) is 15.4. The maximum absolute atomic E-state index is 12.9. The zero-order chi connectivity index (χ0) is 40.6. The minimum atomic E-state index is -3.61. The lowest BCUT2D eigenvalue weighted by Crippen LogP contribution is -2.56. The van der Waals surface area contributed by atoms with Crippen molar-refractivity contribution in [1.29, 1.82) is 0 Å². The number of methoxy groups -OCH3 is 2. The van der Waals surface area contributed by atoms with Crippen molar-refractivity contribution in [2.24, 2.45) is 11.8 Å². The van der Waals surface area contributed by atoms with Crippen LogP contribution >= 0.6 is 10.7 Å². The standard InChI is InChI=1S/C20H29N3O4S.C13H23N3O.C7H7ClO3S/c1-27-18-6-8-19(9-7-18)28(25,26)23-14-16(15-23)20(24)22-11-3-10-21(12-13-22)17-4-2-5-17;17-13(11-9-14-10-11)16-6-2-5-15(7-8-16)12-3-1-4-12;1-11-6-2-4-7(5-3-6)12(8,9)10/h6-9,16-17H,2-5,10-15H2,1H3;11-12,14H,1-10H2;2-5H,1H3. The molecule has 14 nitrogen and oxygen atoms in total. The number of rotatable bonds is 9. The fraction of sp³-hybridized carbons (Fsp3) is 0.650. The molecule has 2 aromatic carbocycles. The summed E-state index contributed by atoms with van der Waals surface area (Å²) in [6.45, 7) is 10.1. The molecule has 6 aliphatic rings. The van der Waals surface area contributed by atoms with Crippen molar-refractivity contribution in [3.05, 3.63) is 48.5 Å². The molecule has 0 radical (unpaired) electrons. The minimum absolute atomic E-state index is 0.0740. The van der Waals surface area contributed by atoms with Crippen molar-refractivity contribution in [3.63, 3.8) is 0 Å². The Morgan fingerprint density at radius 1 is 0.596 bits per heavy atom. The molecule has 4 heterocycles. The predicted molar refractivity (Wildman–Crippen MR) is 218 cm³/mol. The van der Waals surface area contributed by atoms with Gasteiger partial charge in [-0.3, -0.25) is 19.4 Å². The van der Waals surface area contributed by atoms with E-state index in [0.29, 0.717) is 23.4 Å². The molecule has 2 saturated carbocycles. The van der Waals surface area contributed by atoms with Gasteiger partial charge in [0, 0.05) is 101 Å². The third-order valence-electron chi connectivity index (χ3n) is 12.2. The fourth-order valence-electron chi connectivity index (χ4n) is 7.95. The zero-order valence-corrected chi connectivity index (χ0v) is 35.7. The van der Waals surface area contributed by atoms with Crippen molar-refractivity contribution < 1.29 is 35.9 Å². The molecule has 17 heteroatoms. The van der Waals surface area contributed by atoms with Gasteiger partial charge in [0.1, 0.15) is 11.5 Å². The van der Waals surface area contributed by atoms with Crippen molar-refractivity contribution in [2.45, 2.75) is 73.2 Å². The van der Waals surface area contributed by atoms with Gasteiger partial charge >= 0.3 is 0 Å². The van der Waals surface area contributed by atoms with Gasteiger partial charge in [-0.1, -0.05) is 12.8 Å². The minimum Gasteiger partial charge on any atom is -0.497 e. The summed E-state index contributed by atoms with van der Waals surface area (Å²) >= 11 is 0. The number of hydrogen-bond acceptors (Lipinski definition) is 11. The first kappa shape index (κ1) is 43.6. The number of hydrogen-bond donors (Lipinski definition) is 1. The van der Waals surface area contributed by atoms with Gasteiger partial charge in [0.05, 0.1) is 35.8 Å². The Labute approximate surface area is 343 Å². The molecule has 4 aliphatic heterocycles. The molecule has 0 unspecified atom stereocenters. The molecule has 2 aliphatic carbocycles. The van der Waals surface area contributed by atoms with Gasteiger partial charge in [-0.25, -0.2) is 16.8 Å². The van der Waals surface area contributed by atoms with Gasteiger partial charge in [-0.05, 0) is 87.1 Å². The number of amides is 2. The van der Waals surface area contributed by atoms with Crippen molar-refractivity contribution in [3.8, 4) is 11.5 Å². The van der Waals surface area contributed by atoms with Crippen LogP contribution in [0.15, 0.2) is 58.3 Å². The number of nitrogens with one attached hydrogen (secondary N) is 1. The van der Waals surface area contributed by atoms with E-state index < -0.39 is 19.1 Å². The number of carbonyl (C=O) groups is 2. The summed E-state index contributed by atoms with van der Waals surface area (Å²) in [6, 6.07) is 13.8. The Kier molecular flexibility index (Phi) is 15.2. The average molecular weight is 852 g/mol. The van der Waals surface area contributed by atoms with Gasteiger partial charge in [0.2, 0.25) is 21.8 Å². The summed E-state index contributed by atoms with van der Waals surface area (Å²) in [4.78, 5) is 34.5. The van der Waals surface area contributed by atoms with E-state index >= 15 is 0 Å². The van der Waals surface area contributed by atoms with Crippen LogP contribution in [-0.2, 0) is 28.7 Å². The van der Waals surface area contributed by atoms with Crippen LogP contribution in [0.4, 0.5) is 0 Å². The Bertz CT molecular complexity index is 1850. The van der Waals surface area contributed by atoms with Crippen LogP contribution in [0.3, 0.4) is 0 Å². The molecule has 2 amide bonds. The average Bonchev–Trinajstić information content (AvgIpc) is 3.51. The molecule has 0 spiro atoms. The highest BCUT2D eigenvalue weighted by atomic mass is 35.7. The lowest BCUT2D eigenvalue weighted by atomic mass is 9.91. The Morgan fingerprint density at radius 2 is 1.04 bits per heavy atom. The third kappa shape index (κ3) is 11.2. The molecule has 1 N–H and O–H groups in total. The van der Waals surface area contributed by atoms with Gasteiger partial charge in [-0.15, -0.1) is 0 Å². The van der Waals surface area contributed by atoms with Crippen molar-refractivity contribution in [1.82, 2.24) is 29.2 Å². The first-order valence-corrected chi connectivity index (χ1v) is 24.1. The van der Waals surface area contributed by atoms with Crippen LogP contribution in [0.1, 0.15) is 51.4 Å². The van der Waals surface area contributed by atoms with Crippen molar-refractivity contribution in [2.75, 3.05) is 92.8 Å². The molecular formula is C40H59ClN6O8S2. The van der Waals surface area contributed by atoms with Crippen LogP contribution in [0.2, 0.25) is 0 Å². The molecule has 0 atom stereocenters. The second-order valence-corrected chi connectivity index (χ2v) is 20.3. The van der Waals surface area contributed by atoms with Crippen LogP contribution in [-0.4, -0.2) is 157 Å². The predicted octanol–water partition coefficient (Wildman–Crippen LogP) is 3.32.